The Bertz CT molecular complexity index is 522. The number of aliphatic hydroxyl groups excluding tert-OH is 1. The molecule has 1 aromatic carbocycles. The van der Waals surface area contributed by atoms with Crippen LogP contribution in [-0.4, -0.2) is 32.5 Å². The Morgan fingerprint density at radius 2 is 1.81 bits per heavy atom. The minimum atomic E-state index is -0.365. The second-order valence-electron chi connectivity index (χ2n) is 5.38. The summed E-state index contributed by atoms with van der Waals surface area (Å²) >= 11 is 0. The lowest BCUT2D eigenvalue weighted by atomic mass is 9.91. The first kappa shape index (κ1) is 15.7. The molecule has 1 aromatic rings. The number of aliphatic hydroxyl groups is 1. The monoisotopic (exact) mass is 292 g/mol. The zero-order valence-corrected chi connectivity index (χ0v) is 13.1. The summed E-state index contributed by atoms with van der Waals surface area (Å²) in [5.41, 5.74) is 2.73. The van der Waals surface area contributed by atoms with Crippen molar-refractivity contribution < 1.29 is 19.3 Å². The van der Waals surface area contributed by atoms with Crippen LogP contribution in [0.3, 0.4) is 0 Å². The van der Waals surface area contributed by atoms with Gasteiger partial charge in [-0.25, -0.2) is 0 Å². The van der Waals surface area contributed by atoms with E-state index in [-0.39, 0.29) is 6.10 Å². The van der Waals surface area contributed by atoms with Gasteiger partial charge in [-0.15, -0.1) is 0 Å². The molecule has 1 atom stereocenters. The summed E-state index contributed by atoms with van der Waals surface area (Å²) in [4.78, 5) is 0. The zero-order valence-electron chi connectivity index (χ0n) is 13.1. The van der Waals surface area contributed by atoms with Crippen LogP contribution in [0.15, 0.2) is 12.6 Å². The van der Waals surface area contributed by atoms with Crippen molar-refractivity contribution in [2.75, 3.05) is 21.3 Å². The molecular weight excluding hydrogens is 268 g/mol. The summed E-state index contributed by atoms with van der Waals surface area (Å²) < 4.78 is 16.6. The maximum atomic E-state index is 10.1. The molecule has 0 aliphatic heterocycles. The van der Waals surface area contributed by atoms with Crippen molar-refractivity contribution in [1.82, 2.24) is 0 Å². The molecular formula is C17H24O4. The molecule has 1 aliphatic rings. The average molecular weight is 292 g/mol. The second-order valence-corrected chi connectivity index (χ2v) is 5.38. The van der Waals surface area contributed by atoms with Crippen molar-refractivity contribution in [3.05, 3.63) is 23.8 Å². The molecule has 2 bridgehead atoms. The molecule has 1 N–H and O–H groups in total. The normalized spacial score (nSPS) is 19.0. The summed E-state index contributed by atoms with van der Waals surface area (Å²) in [5, 5.41) is 10.1. The Kier molecular flexibility index (Phi) is 5.12. The lowest BCUT2D eigenvalue weighted by Crippen LogP contribution is -2.11. The molecule has 0 radical (unpaired) electrons. The van der Waals surface area contributed by atoms with E-state index in [1.165, 1.54) is 0 Å². The summed E-state index contributed by atoms with van der Waals surface area (Å²) in [5.74, 6) is 2.21. The molecule has 0 heterocycles. The van der Waals surface area contributed by atoms with Gasteiger partial charge in [0.15, 0.2) is 0 Å². The van der Waals surface area contributed by atoms with E-state index in [2.05, 4.69) is 6.58 Å². The highest BCUT2D eigenvalue weighted by Gasteiger charge is 2.24. The Hall–Kier alpha value is -1.68. The standard InChI is InChI=1S/C17H24O4/c1-11-9-12(18)7-5-6-8-13-14(19-2)10-15(20-3)16(11)17(13)21-4/h10,12,18H,1,5-9H2,2-4H3/t12-/m0/s1. The number of hydrogen-bond donors (Lipinski definition) is 1. The smallest absolute Gasteiger partial charge is 0.136 e. The lowest BCUT2D eigenvalue weighted by molar-refractivity contribution is 0.166. The predicted molar refractivity (Wildman–Crippen MR) is 83.3 cm³/mol. The van der Waals surface area contributed by atoms with Crippen LogP contribution in [0.25, 0.3) is 5.57 Å². The van der Waals surface area contributed by atoms with Gasteiger partial charge in [-0.2, -0.15) is 0 Å². The van der Waals surface area contributed by atoms with Gasteiger partial charge in [0.2, 0.25) is 0 Å². The van der Waals surface area contributed by atoms with Crippen LogP contribution in [0.2, 0.25) is 0 Å². The molecule has 21 heavy (non-hydrogen) atoms. The largest absolute Gasteiger partial charge is 0.496 e. The minimum Gasteiger partial charge on any atom is -0.496 e. The first-order chi connectivity index (χ1) is 10.1. The molecule has 0 amide bonds. The van der Waals surface area contributed by atoms with Crippen molar-refractivity contribution in [3.63, 3.8) is 0 Å². The van der Waals surface area contributed by atoms with Gasteiger partial charge in [0.05, 0.1) is 33.0 Å². The molecule has 116 valence electrons. The van der Waals surface area contributed by atoms with Gasteiger partial charge in [0.25, 0.3) is 0 Å². The van der Waals surface area contributed by atoms with Crippen LogP contribution in [0, 0.1) is 0 Å². The SMILES string of the molecule is C=C1C[C@@H](O)CCCCc2c(OC)cc(OC)c1c2OC. The summed E-state index contributed by atoms with van der Waals surface area (Å²) in [7, 11) is 4.92. The molecule has 2 rings (SSSR count). The summed E-state index contributed by atoms with van der Waals surface area (Å²) in [6.45, 7) is 4.12. The van der Waals surface area contributed by atoms with E-state index >= 15 is 0 Å². The van der Waals surface area contributed by atoms with Crippen molar-refractivity contribution in [2.24, 2.45) is 0 Å². The van der Waals surface area contributed by atoms with Crippen LogP contribution in [0.5, 0.6) is 17.2 Å². The van der Waals surface area contributed by atoms with Gasteiger partial charge < -0.3 is 19.3 Å². The van der Waals surface area contributed by atoms with Gasteiger partial charge in [-0.3, -0.25) is 0 Å². The third-order valence-electron chi connectivity index (χ3n) is 4.00. The van der Waals surface area contributed by atoms with E-state index in [1.54, 1.807) is 21.3 Å². The number of hydrogen-bond acceptors (Lipinski definition) is 4. The fourth-order valence-corrected chi connectivity index (χ4v) is 2.96. The van der Waals surface area contributed by atoms with Gasteiger partial charge >= 0.3 is 0 Å². The molecule has 0 saturated carbocycles. The number of benzene rings is 1. The molecule has 4 nitrogen and oxygen atoms in total. The maximum absolute atomic E-state index is 10.1. The first-order valence-electron chi connectivity index (χ1n) is 7.30. The fourth-order valence-electron chi connectivity index (χ4n) is 2.96. The van der Waals surface area contributed by atoms with Crippen molar-refractivity contribution in [3.8, 4) is 17.2 Å². The first-order valence-corrected chi connectivity index (χ1v) is 7.30. The highest BCUT2D eigenvalue weighted by Crippen LogP contribution is 2.44. The average Bonchev–Trinajstić information content (AvgIpc) is 2.49. The van der Waals surface area contributed by atoms with E-state index in [9.17, 15) is 5.11 Å². The van der Waals surface area contributed by atoms with Gasteiger partial charge in [0.1, 0.15) is 17.2 Å². The van der Waals surface area contributed by atoms with E-state index in [0.717, 1.165) is 53.9 Å². The third kappa shape index (κ3) is 3.16. The van der Waals surface area contributed by atoms with Crippen LogP contribution in [-0.2, 0) is 6.42 Å². The van der Waals surface area contributed by atoms with Crippen LogP contribution < -0.4 is 14.2 Å². The Morgan fingerprint density at radius 3 is 2.43 bits per heavy atom. The van der Waals surface area contributed by atoms with E-state index < -0.39 is 0 Å². The number of rotatable bonds is 3. The molecule has 4 heteroatoms. The summed E-state index contributed by atoms with van der Waals surface area (Å²) in [6, 6.07) is 1.88. The Balaban J connectivity index is 2.64. The highest BCUT2D eigenvalue weighted by atomic mass is 16.5. The van der Waals surface area contributed by atoms with E-state index in [1.807, 2.05) is 6.07 Å². The van der Waals surface area contributed by atoms with Crippen LogP contribution in [0.4, 0.5) is 0 Å². The van der Waals surface area contributed by atoms with E-state index in [0.29, 0.717) is 12.2 Å². The summed E-state index contributed by atoms with van der Waals surface area (Å²) in [6.07, 6.45) is 3.76. The quantitative estimate of drug-likeness (QED) is 0.929. The van der Waals surface area contributed by atoms with Gasteiger partial charge in [-0.1, -0.05) is 13.0 Å². The lowest BCUT2D eigenvalue weighted by Gasteiger charge is -2.23. The fraction of sp³-hybridized carbons (Fsp3) is 0.529. The molecule has 0 aromatic heterocycles. The van der Waals surface area contributed by atoms with Crippen LogP contribution >= 0.6 is 0 Å². The van der Waals surface area contributed by atoms with Crippen molar-refractivity contribution in [1.29, 1.82) is 0 Å². The van der Waals surface area contributed by atoms with Gasteiger partial charge in [0, 0.05) is 11.6 Å². The van der Waals surface area contributed by atoms with E-state index in [4.69, 9.17) is 14.2 Å². The topological polar surface area (TPSA) is 47.9 Å². The predicted octanol–water partition coefficient (Wildman–Crippen LogP) is 3.20. The van der Waals surface area contributed by atoms with Crippen molar-refractivity contribution >= 4 is 5.57 Å². The molecule has 0 spiro atoms. The maximum Gasteiger partial charge on any atom is 0.136 e. The Labute approximate surface area is 126 Å². The number of fused-ring (bicyclic) bond motifs is 2. The number of ether oxygens (including phenoxy) is 3. The highest BCUT2D eigenvalue weighted by molar-refractivity contribution is 5.77. The second kappa shape index (κ2) is 6.85. The zero-order chi connectivity index (χ0) is 15.4. The Morgan fingerprint density at radius 1 is 1.10 bits per heavy atom. The van der Waals surface area contributed by atoms with Gasteiger partial charge in [-0.05, 0) is 31.3 Å². The van der Waals surface area contributed by atoms with Crippen LogP contribution in [0.1, 0.15) is 36.8 Å². The third-order valence-corrected chi connectivity index (χ3v) is 4.00. The molecule has 1 aliphatic carbocycles. The number of methoxy groups -OCH3 is 3. The van der Waals surface area contributed by atoms with Crippen molar-refractivity contribution in [2.45, 2.75) is 38.2 Å². The molecule has 0 unspecified atom stereocenters. The molecule has 0 saturated heterocycles. The molecule has 0 fully saturated rings. The minimum absolute atomic E-state index is 0.365.